The van der Waals surface area contributed by atoms with Crippen molar-refractivity contribution in [3.63, 3.8) is 0 Å². The van der Waals surface area contributed by atoms with Crippen LogP contribution < -0.4 is 10.1 Å². The van der Waals surface area contributed by atoms with Gasteiger partial charge < -0.3 is 15.0 Å². The summed E-state index contributed by atoms with van der Waals surface area (Å²) >= 11 is 0. The predicted octanol–water partition coefficient (Wildman–Crippen LogP) is 2.80. The summed E-state index contributed by atoms with van der Waals surface area (Å²) in [4.78, 5) is 58.2. The predicted molar refractivity (Wildman–Crippen MR) is 155 cm³/mol. The zero-order valence-electron chi connectivity index (χ0n) is 23.2. The summed E-state index contributed by atoms with van der Waals surface area (Å²) in [7, 11) is -4.52. The number of pyridine rings is 1. The summed E-state index contributed by atoms with van der Waals surface area (Å²) in [5, 5.41) is 1.71. The number of hydrogen-bond donors (Lipinski definition) is 1. The zero-order valence-corrected chi connectivity index (χ0v) is 24.0. The molecule has 3 fully saturated rings. The molecule has 43 heavy (non-hydrogen) atoms. The lowest BCUT2D eigenvalue weighted by molar-refractivity contribution is -0.138. The SMILES string of the molecule is O=C(NC(CC1CC1)C(=O)N1CCC2C1C(=O)CN2S(=O)(=O)C(=O)c1cccnc1)c1ccc(Oc2ccccc2)cc1. The van der Waals surface area contributed by atoms with Crippen LogP contribution in [0.2, 0.25) is 0 Å². The number of hydrogen-bond acceptors (Lipinski definition) is 8. The second-order valence-electron chi connectivity index (χ2n) is 11.0. The summed E-state index contributed by atoms with van der Waals surface area (Å²) in [5.74, 6) is 0.171. The number of ether oxygens (including phenoxy) is 1. The molecule has 0 bridgehead atoms. The maximum Gasteiger partial charge on any atom is 0.293 e. The van der Waals surface area contributed by atoms with Crippen molar-refractivity contribution in [3.8, 4) is 11.5 Å². The maximum absolute atomic E-state index is 13.8. The van der Waals surface area contributed by atoms with Gasteiger partial charge in [-0.1, -0.05) is 31.0 Å². The number of likely N-dealkylation sites (tertiary alicyclic amines) is 1. The Hall–Kier alpha value is -4.42. The first-order valence-corrected chi connectivity index (χ1v) is 15.6. The van der Waals surface area contributed by atoms with Crippen LogP contribution in [0.15, 0.2) is 79.1 Å². The number of sulfonamides is 1. The highest BCUT2D eigenvalue weighted by atomic mass is 32.2. The molecule has 11 nitrogen and oxygen atoms in total. The van der Waals surface area contributed by atoms with Crippen molar-refractivity contribution in [1.82, 2.24) is 19.5 Å². The van der Waals surface area contributed by atoms with Crippen molar-refractivity contribution in [3.05, 3.63) is 90.3 Å². The van der Waals surface area contributed by atoms with Crippen molar-refractivity contribution in [2.45, 2.75) is 43.8 Å². The molecule has 1 aliphatic carbocycles. The van der Waals surface area contributed by atoms with Gasteiger partial charge in [0.2, 0.25) is 5.91 Å². The molecule has 0 radical (unpaired) electrons. The van der Waals surface area contributed by atoms with E-state index in [0.29, 0.717) is 23.5 Å². The minimum absolute atomic E-state index is 0.101. The quantitative estimate of drug-likeness (QED) is 0.394. The number of aromatic nitrogens is 1. The lowest BCUT2D eigenvalue weighted by atomic mass is 10.1. The van der Waals surface area contributed by atoms with Crippen LogP contribution in [-0.4, -0.2) is 76.5 Å². The summed E-state index contributed by atoms with van der Waals surface area (Å²) in [6.07, 6.45) is 5.09. The number of Topliss-reactive ketones (excluding diaryl/α,β-unsaturated/α-hetero) is 1. The molecule has 3 atom stereocenters. The van der Waals surface area contributed by atoms with Gasteiger partial charge in [-0.2, -0.15) is 4.31 Å². The first-order valence-electron chi connectivity index (χ1n) is 14.2. The standard InChI is InChI=1S/C31H30N4O7S/c36-27-19-35(43(40,41)31(39)22-5-4-15-32-18-22)26-14-16-34(28(26)27)30(38)25(17-20-8-9-20)33-29(37)21-10-12-24(13-11-21)42-23-6-2-1-3-7-23/h1-7,10-13,15,18,20,25-26,28H,8-9,14,16-17,19H2,(H,33,37). The van der Waals surface area contributed by atoms with Crippen LogP contribution in [-0.2, 0) is 19.6 Å². The Morgan fingerprint density at radius 3 is 2.33 bits per heavy atom. The first kappa shape index (κ1) is 28.7. The van der Waals surface area contributed by atoms with Crippen LogP contribution in [0.25, 0.3) is 0 Å². The molecule has 3 heterocycles. The van der Waals surface area contributed by atoms with Crippen molar-refractivity contribution in [2.75, 3.05) is 13.1 Å². The number of rotatable bonds is 9. The fourth-order valence-electron chi connectivity index (χ4n) is 5.73. The molecule has 2 amide bonds. The van der Waals surface area contributed by atoms with Gasteiger partial charge in [-0.15, -0.1) is 0 Å². The fourth-order valence-corrected chi connectivity index (χ4v) is 7.23. The molecule has 1 saturated carbocycles. The highest BCUT2D eigenvalue weighted by molar-refractivity contribution is 8.04. The summed E-state index contributed by atoms with van der Waals surface area (Å²) in [6, 6.07) is 15.9. The lowest BCUT2D eigenvalue weighted by Gasteiger charge is -2.28. The molecule has 1 aromatic heterocycles. The van der Waals surface area contributed by atoms with Gasteiger partial charge in [-0.05, 0) is 67.3 Å². The van der Waals surface area contributed by atoms with E-state index < -0.39 is 57.4 Å². The Morgan fingerprint density at radius 2 is 1.65 bits per heavy atom. The van der Waals surface area contributed by atoms with E-state index in [1.54, 1.807) is 24.3 Å². The third kappa shape index (κ3) is 5.93. The van der Waals surface area contributed by atoms with Crippen molar-refractivity contribution >= 4 is 32.7 Å². The normalized spacial score (nSPS) is 20.8. The Kier molecular flexibility index (Phi) is 7.80. The molecule has 222 valence electrons. The Labute approximate surface area is 248 Å². The van der Waals surface area contributed by atoms with E-state index in [4.69, 9.17) is 4.74 Å². The van der Waals surface area contributed by atoms with Gasteiger partial charge in [0.15, 0.2) is 5.78 Å². The number of carbonyl (C=O) groups excluding carboxylic acids is 4. The van der Waals surface area contributed by atoms with Crippen LogP contribution in [0.1, 0.15) is 46.4 Å². The number of fused-ring (bicyclic) bond motifs is 1. The van der Waals surface area contributed by atoms with Crippen molar-refractivity contribution in [2.24, 2.45) is 5.92 Å². The number of nitrogens with one attached hydrogen (secondary N) is 1. The molecule has 0 spiro atoms. The van der Waals surface area contributed by atoms with E-state index in [0.717, 1.165) is 23.3 Å². The van der Waals surface area contributed by atoms with Gasteiger partial charge in [-0.3, -0.25) is 24.2 Å². The summed E-state index contributed by atoms with van der Waals surface area (Å²) in [5.41, 5.74) is 0.243. The van der Waals surface area contributed by atoms with Gasteiger partial charge in [0.1, 0.15) is 23.6 Å². The van der Waals surface area contributed by atoms with Gasteiger partial charge in [0.25, 0.3) is 21.0 Å². The highest BCUT2D eigenvalue weighted by Gasteiger charge is 2.55. The van der Waals surface area contributed by atoms with Crippen LogP contribution in [0.3, 0.4) is 0 Å². The average Bonchev–Trinajstić information content (AvgIpc) is 3.63. The Bertz CT molecular complexity index is 1640. The second-order valence-corrected chi connectivity index (χ2v) is 12.8. The summed E-state index contributed by atoms with van der Waals surface area (Å²) < 4.78 is 33.2. The van der Waals surface area contributed by atoms with Crippen molar-refractivity contribution in [1.29, 1.82) is 0 Å². The number of benzene rings is 2. The van der Waals surface area contributed by atoms with E-state index in [-0.39, 0.29) is 24.4 Å². The van der Waals surface area contributed by atoms with Crippen LogP contribution >= 0.6 is 0 Å². The minimum Gasteiger partial charge on any atom is -0.457 e. The van der Waals surface area contributed by atoms with Gasteiger partial charge in [-0.25, -0.2) is 8.42 Å². The van der Waals surface area contributed by atoms with Gasteiger partial charge in [0, 0.05) is 24.5 Å². The maximum atomic E-state index is 13.8. The van der Waals surface area contributed by atoms with Crippen LogP contribution in [0, 0.1) is 5.92 Å². The molecule has 2 aliphatic heterocycles. The smallest absolute Gasteiger partial charge is 0.293 e. The van der Waals surface area contributed by atoms with E-state index in [1.807, 2.05) is 30.3 Å². The molecule has 2 aromatic carbocycles. The molecule has 3 aromatic rings. The van der Waals surface area contributed by atoms with Crippen molar-refractivity contribution < 1.29 is 32.3 Å². The minimum atomic E-state index is -4.52. The molecule has 1 N–H and O–H groups in total. The number of carbonyl (C=O) groups is 4. The average molecular weight is 603 g/mol. The van der Waals surface area contributed by atoms with E-state index in [2.05, 4.69) is 10.3 Å². The van der Waals surface area contributed by atoms with E-state index in [1.165, 1.54) is 23.2 Å². The molecule has 12 heteroatoms. The number of nitrogens with zero attached hydrogens (tertiary/aromatic N) is 3. The molecule has 2 saturated heterocycles. The third-order valence-electron chi connectivity index (χ3n) is 8.07. The third-order valence-corrected chi connectivity index (χ3v) is 9.79. The van der Waals surface area contributed by atoms with E-state index in [9.17, 15) is 27.6 Å². The second kappa shape index (κ2) is 11.7. The zero-order chi connectivity index (χ0) is 30.1. The summed E-state index contributed by atoms with van der Waals surface area (Å²) in [6.45, 7) is -0.361. The number of ketones is 1. The van der Waals surface area contributed by atoms with Gasteiger partial charge in [0.05, 0.1) is 18.2 Å². The molecular formula is C31H30N4O7S. The highest BCUT2D eigenvalue weighted by Crippen LogP contribution is 2.36. The van der Waals surface area contributed by atoms with E-state index >= 15 is 0 Å². The molecule has 6 rings (SSSR count). The monoisotopic (exact) mass is 602 g/mol. The first-order chi connectivity index (χ1) is 20.7. The fraction of sp³-hybridized carbons (Fsp3) is 0.323. The number of amides is 2. The molecule has 3 aliphatic rings. The van der Waals surface area contributed by atoms with Crippen LogP contribution in [0.5, 0.6) is 11.5 Å². The molecular weight excluding hydrogens is 572 g/mol. The number of para-hydroxylation sites is 1. The van der Waals surface area contributed by atoms with Crippen LogP contribution in [0.4, 0.5) is 0 Å². The van der Waals surface area contributed by atoms with Gasteiger partial charge >= 0.3 is 0 Å². The lowest BCUT2D eigenvalue weighted by Crippen LogP contribution is -2.52. The largest absolute Gasteiger partial charge is 0.457 e. The Balaban J connectivity index is 1.15. The Morgan fingerprint density at radius 1 is 0.930 bits per heavy atom. The molecule has 3 unspecified atom stereocenters. The topological polar surface area (TPSA) is 143 Å².